The summed E-state index contributed by atoms with van der Waals surface area (Å²) in [5, 5.41) is 12.6. The molecule has 0 bridgehead atoms. The molecule has 1 amide bonds. The number of nitrogens with zero attached hydrogens (tertiary/aromatic N) is 3. The van der Waals surface area contributed by atoms with Gasteiger partial charge in [-0.1, -0.05) is 13.8 Å². The van der Waals surface area contributed by atoms with Crippen molar-refractivity contribution in [2.75, 3.05) is 6.54 Å². The van der Waals surface area contributed by atoms with E-state index in [1.807, 2.05) is 13.8 Å². The lowest BCUT2D eigenvalue weighted by molar-refractivity contribution is -0.143. The predicted molar refractivity (Wildman–Crippen MR) is 94.4 cm³/mol. The minimum Gasteiger partial charge on any atom is -0.478 e. The number of aromatic carboxylic acids is 1. The summed E-state index contributed by atoms with van der Waals surface area (Å²) in [4.78, 5) is 25.7. The molecule has 0 spiro atoms. The van der Waals surface area contributed by atoms with Crippen LogP contribution in [0.15, 0.2) is 30.5 Å². The maximum atomic E-state index is 13.3. The average Bonchev–Trinajstić information content (AvgIpc) is 3.34. The van der Waals surface area contributed by atoms with Crippen molar-refractivity contribution in [3.8, 4) is 5.69 Å². The highest BCUT2D eigenvalue weighted by atomic mass is 19.4. The zero-order valence-electron chi connectivity index (χ0n) is 15.4. The molecule has 2 aromatic rings. The summed E-state index contributed by atoms with van der Waals surface area (Å²) in [5.74, 6) is -1.57. The van der Waals surface area contributed by atoms with E-state index in [-0.39, 0.29) is 17.6 Å². The molecule has 0 aliphatic heterocycles. The number of carboxylic acid groups (broad SMARTS) is 1. The van der Waals surface area contributed by atoms with E-state index >= 15 is 0 Å². The van der Waals surface area contributed by atoms with Gasteiger partial charge in [0.15, 0.2) is 5.69 Å². The van der Waals surface area contributed by atoms with Crippen molar-refractivity contribution in [3.63, 3.8) is 0 Å². The Morgan fingerprint density at radius 2 is 1.86 bits per heavy atom. The van der Waals surface area contributed by atoms with E-state index in [1.165, 1.54) is 24.3 Å². The number of hydrogen-bond donors (Lipinski definition) is 1. The van der Waals surface area contributed by atoms with Crippen LogP contribution in [0.1, 0.15) is 53.1 Å². The van der Waals surface area contributed by atoms with Gasteiger partial charge < -0.3 is 10.0 Å². The van der Waals surface area contributed by atoms with E-state index in [1.54, 1.807) is 4.90 Å². The van der Waals surface area contributed by atoms with E-state index < -0.39 is 23.4 Å². The van der Waals surface area contributed by atoms with Gasteiger partial charge in [0, 0.05) is 18.2 Å². The first-order valence-corrected chi connectivity index (χ1v) is 8.89. The second-order valence-corrected chi connectivity index (χ2v) is 7.25. The molecule has 6 nitrogen and oxygen atoms in total. The van der Waals surface area contributed by atoms with Crippen LogP contribution in [0.2, 0.25) is 0 Å². The van der Waals surface area contributed by atoms with Crippen LogP contribution >= 0.6 is 0 Å². The Morgan fingerprint density at radius 3 is 2.32 bits per heavy atom. The number of amides is 1. The van der Waals surface area contributed by atoms with Gasteiger partial charge >= 0.3 is 12.1 Å². The van der Waals surface area contributed by atoms with Crippen LogP contribution in [0.3, 0.4) is 0 Å². The molecule has 1 aliphatic rings. The molecule has 1 aliphatic carbocycles. The molecule has 0 unspecified atom stereocenters. The Morgan fingerprint density at radius 1 is 1.25 bits per heavy atom. The minimum absolute atomic E-state index is 0.0261. The number of rotatable bonds is 6. The molecule has 0 radical (unpaired) electrons. The maximum absolute atomic E-state index is 13.3. The molecule has 150 valence electrons. The Balaban J connectivity index is 1.91. The summed E-state index contributed by atoms with van der Waals surface area (Å²) in [6, 6.07) is 5.77. The van der Waals surface area contributed by atoms with Crippen molar-refractivity contribution in [2.45, 2.75) is 38.9 Å². The monoisotopic (exact) mass is 395 g/mol. The van der Waals surface area contributed by atoms with E-state index in [0.717, 1.165) is 12.8 Å². The molecule has 3 rings (SSSR count). The molecule has 0 atom stereocenters. The SMILES string of the molecule is CC(C)CN(C(=O)c1ccc(-n2ncc(C(=O)O)c2C(F)(F)F)cc1)C1CC1. The topological polar surface area (TPSA) is 75.4 Å². The number of halogens is 3. The van der Waals surface area contributed by atoms with Gasteiger partial charge in [-0.25, -0.2) is 9.48 Å². The van der Waals surface area contributed by atoms with Gasteiger partial charge in [-0.2, -0.15) is 18.3 Å². The first kappa shape index (κ1) is 19.9. The molecule has 0 saturated heterocycles. The van der Waals surface area contributed by atoms with Crippen LogP contribution < -0.4 is 0 Å². The zero-order valence-corrected chi connectivity index (χ0v) is 15.4. The maximum Gasteiger partial charge on any atom is 0.434 e. The number of carbonyl (C=O) groups excluding carboxylic acids is 1. The largest absolute Gasteiger partial charge is 0.478 e. The summed E-state index contributed by atoms with van der Waals surface area (Å²) in [5.41, 5.74) is -1.89. The Kier molecular flexibility index (Phi) is 5.18. The number of carbonyl (C=O) groups is 2. The third-order valence-corrected chi connectivity index (χ3v) is 4.44. The van der Waals surface area contributed by atoms with Crippen molar-refractivity contribution in [2.24, 2.45) is 5.92 Å². The number of benzene rings is 1. The van der Waals surface area contributed by atoms with Crippen LogP contribution in [0, 0.1) is 5.92 Å². The highest BCUT2D eigenvalue weighted by Gasteiger charge is 2.40. The Hall–Kier alpha value is -2.84. The third-order valence-electron chi connectivity index (χ3n) is 4.44. The van der Waals surface area contributed by atoms with Crippen LogP contribution in [-0.4, -0.2) is 44.3 Å². The van der Waals surface area contributed by atoms with Crippen molar-refractivity contribution in [3.05, 3.63) is 47.3 Å². The fourth-order valence-electron chi connectivity index (χ4n) is 3.06. The Labute approximate surface area is 159 Å². The van der Waals surface area contributed by atoms with Crippen LogP contribution in [0.5, 0.6) is 0 Å². The van der Waals surface area contributed by atoms with Crippen molar-refractivity contribution in [1.82, 2.24) is 14.7 Å². The summed E-state index contributed by atoms with van der Waals surface area (Å²) >= 11 is 0. The lowest BCUT2D eigenvalue weighted by atomic mass is 10.1. The summed E-state index contributed by atoms with van der Waals surface area (Å²) in [6.07, 6.45) is -2.31. The second kappa shape index (κ2) is 7.29. The van der Waals surface area contributed by atoms with E-state index in [0.29, 0.717) is 28.9 Å². The quantitative estimate of drug-likeness (QED) is 0.806. The van der Waals surface area contributed by atoms with E-state index in [9.17, 15) is 22.8 Å². The fraction of sp³-hybridized carbons (Fsp3) is 0.421. The van der Waals surface area contributed by atoms with Crippen LogP contribution in [-0.2, 0) is 6.18 Å². The first-order valence-electron chi connectivity index (χ1n) is 8.89. The fourth-order valence-corrected chi connectivity index (χ4v) is 3.06. The molecule has 1 fully saturated rings. The molecule has 28 heavy (non-hydrogen) atoms. The molecule has 1 saturated carbocycles. The van der Waals surface area contributed by atoms with Gasteiger partial charge in [0.1, 0.15) is 5.56 Å². The van der Waals surface area contributed by atoms with Gasteiger partial charge in [0.25, 0.3) is 5.91 Å². The van der Waals surface area contributed by atoms with Gasteiger partial charge in [-0.15, -0.1) is 0 Å². The van der Waals surface area contributed by atoms with Crippen LogP contribution in [0.25, 0.3) is 5.69 Å². The predicted octanol–water partition coefficient (Wildman–Crippen LogP) is 3.85. The first-order chi connectivity index (χ1) is 13.1. The zero-order chi connectivity index (χ0) is 20.6. The number of hydrogen-bond acceptors (Lipinski definition) is 3. The summed E-state index contributed by atoms with van der Waals surface area (Å²) < 4.78 is 40.5. The highest BCUT2D eigenvalue weighted by molar-refractivity contribution is 5.95. The lowest BCUT2D eigenvalue weighted by Crippen LogP contribution is -2.36. The van der Waals surface area contributed by atoms with E-state index in [2.05, 4.69) is 5.10 Å². The highest BCUT2D eigenvalue weighted by Crippen LogP contribution is 2.34. The Bertz CT molecular complexity index is 884. The molecular weight excluding hydrogens is 375 g/mol. The number of carboxylic acids is 1. The summed E-state index contributed by atoms with van der Waals surface area (Å²) in [6.45, 7) is 4.65. The standard InChI is InChI=1S/C19H20F3N3O3/c1-11(2)10-24(13-7-8-13)17(26)12-3-5-14(6-4-12)25-16(19(20,21)22)15(9-23-25)18(27)28/h3-6,9,11,13H,7-8,10H2,1-2H3,(H,27,28). The van der Waals surface area contributed by atoms with Crippen molar-refractivity contribution in [1.29, 1.82) is 0 Å². The molecular formula is C19H20F3N3O3. The van der Waals surface area contributed by atoms with Gasteiger partial charge in [0.05, 0.1) is 11.9 Å². The molecule has 1 aromatic heterocycles. The lowest BCUT2D eigenvalue weighted by Gasteiger charge is -2.24. The average molecular weight is 395 g/mol. The van der Waals surface area contributed by atoms with Gasteiger partial charge in [-0.3, -0.25) is 4.79 Å². The third kappa shape index (κ3) is 4.02. The van der Waals surface area contributed by atoms with Crippen molar-refractivity contribution < 1.29 is 27.9 Å². The smallest absolute Gasteiger partial charge is 0.434 e. The van der Waals surface area contributed by atoms with Gasteiger partial charge in [-0.05, 0) is 43.0 Å². The van der Waals surface area contributed by atoms with E-state index in [4.69, 9.17) is 5.11 Å². The molecule has 1 heterocycles. The number of alkyl halides is 3. The normalized spacial score (nSPS) is 14.4. The molecule has 1 N–H and O–H groups in total. The molecule has 1 aromatic carbocycles. The second-order valence-electron chi connectivity index (χ2n) is 7.25. The minimum atomic E-state index is -4.89. The molecule has 9 heteroatoms. The van der Waals surface area contributed by atoms with Crippen molar-refractivity contribution >= 4 is 11.9 Å². The number of aromatic nitrogens is 2. The summed E-state index contributed by atoms with van der Waals surface area (Å²) in [7, 11) is 0. The van der Waals surface area contributed by atoms with Gasteiger partial charge in [0.2, 0.25) is 0 Å². The van der Waals surface area contributed by atoms with Crippen LogP contribution in [0.4, 0.5) is 13.2 Å².